The lowest BCUT2D eigenvalue weighted by Gasteiger charge is -2.24. The molecular formula is C7H13NO. The van der Waals surface area contributed by atoms with E-state index in [1.54, 1.807) is 0 Å². The predicted molar refractivity (Wildman–Crippen MR) is 37.7 cm³/mol. The molecule has 0 radical (unpaired) electrons. The second kappa shape index (κ2) is 2.48. The molecule has 1 heterocycles. The molecular weight excluding hydrogens is 114 g/mol. The molecule has 0 aliphatic carbocycles. The van der Waals surface area contributed by atoms with Crippen LogP contribution in [0, 0.1) is 11.8 Å². The fourth-order valence-corrected chi connectivity index (χ4v) is 1.11. The molecule has 0 aromatic heterocycles. The summed E-state index contributed by atoms with van der Waals surface area (Å²) in [6.45, 7) is 4.80. The summed E-state index contributed by atoms with van der Waals surface area (Å²) in [6, 6.07) is 0. The Morgan fingerprint density at radius 2 is 2.22 bits per heavy atom. The van der Waals surface area contributed by atoms with Gasteiger partial charge in [-0.15, -0.1) is 0 Å². The Labute approximate surface area is 55.6 Å². The molecule has 2 heteroatoms. The number of aliphatic hydroxyl groups excluding tert-OH is 1. The molecule has 0 bridgehead atoms. The van der Waals surface area contributed by atoms with E-state index in [1.165, 1.54) is 0 Å². The van der Waals surface area contributed by atoms with Crippen LogP contribution >= 0.6 is 0 Å². The number of aliphatic imine (C=N–C) groups is 1. The van der Waals surface area contributed by atoms with E-state index in [-0.39, 0.29) is 12.0 Å². The van der Waals surface area contributed by atoms with Gasteiger partial charge in [0.1, 0.15) is 0 Å². The van der Waals surface area contributed by atoms with E-state index in [2.05, 4.69) is 4.99 Å². The van der Waals surface area contributed by atoms with Crippen molar-refractivity contribution >= 4 is 6.21 Å². The second-order valence-electron chi connectivity index (χ2n) is 2.84. The lowest BCUT2D eigenvalue weighted by molar-refractivity contribution is 0.0895. The third-order valence-electron chi connectivity index (χ3n) is 1.86. The Morgan fingerprint density at radius 1 is 1.56 bits per heavy atom. The van der Waals surface area contributed by atoms with Crippen LogP contribution in [0.3, 0.4) is 0 Å². The van der Waals surface area contributed by atoms with Crippen molar-refractivity contribution in [2.24, 2.45) is 16.8 Å². The minimum atomic E-state index is -0.178. The molecule has 1 aliphatic heterocycles. The molecule has 2 nitrogen and oxygen atoms in total. The van der Waals surface area contributed by atoms with Gasteiger partial charge in [-0.05, 0) is 0 Å². The van der Waals surface area contributed by atoms with E-state index >= 15 is 0 Å². The average molecular weight is 127 g/mol. The number of hydrogen-bond acceptors (Lipinski definition) is 2. The number of hydrogen-bond donors (Lipinski definition) is 1. The molecule has 0 aromatic rings. The van der Waals surface area contributed by atoms with Crippen molar-refractivity contribution in [1.29, 1.82) is 0 Å². The summed E-state index contributed by atoms with van der Waals surface area (Å²) < 4.78 is 0. The van der Waals surface area contributed by atoms with Gasteiger partial charge in [0.25, 0.3) is 0 Å². The summed E-state index contributed by atoms with van der Waals surface area (Å²) in [7, 11) is 0. The molecule has 0 spiro atoms. The number of aliphatic hydroxyl groups is 1. The standard InChI is InChI=1S/C7H13NO/c1-5-3-8-4-6(2)7(5)9/h3,5-7,9H,4H2,1-2H3/t5?,6?,7-/m1/s1. The Kier molecular flexibility index (Phi) is 1.86. The number of rotatable bonds is 0. The summed E-state index contributed by atoms with van der Waals surface area (Å²) in [5.74, 6) is 0.582. The molecule has 0 saturated carbocycles. The highest BCUT2D eigenvalue weighted by atomic mass is 16.3. The van der Waals surface area contributed by atoms with Gasteiger partial charge < -0.3 is 5.11 Å². The largest absolute Gasteiger partial charge is 0.392 e. The Balaban J connectivity index is 2.58. The summed E-state index contributed by atoms with van der Waals surface area (Å²) in [5, 5.41) is 9.35. The van der Waals surface area contributed by atoms with Crippen LogP contribution in [-0.4, -0.2) is 24.0 Å². The summed E-state index contributed by atoms with van der Waals surface area (Å²) in [4.78, 5) is 4.10. The van der Waals surface area contributed by atoms with Gasteiger partial charge in [-0.3, -0.25) is 4.99 Å². The zero-order chi connectivity index (χ0) is 6.85. The van der Waals surface area contributed by atoms with E-state index in [1.807, 2.05) is 20.1 Å². The van der Waals surface area contributed by atoms with Crippen LogP contribution in [0.5, 0.6) is 0 Å². The Bertz CT molecular complexity index is 122. The molecule has 0 amide bonds. The minimum absolute atomic E-state index is 0.178. The molecule has 1 N–H and O–H groups in total. The van der Waals surface area contributed by atoms with E-state index in [4.69, 9.17) is 0 Å². The van der Waals surface area contributed by atoms with Crippen LogP contribution in [0.15, 0.2) is 4.99 Å². The van der Waals surface area contributed by atoms with Crippen LogP contribution in [0.1, 0.15) is 13.8 Å². The lowest BCUT2D eigenvalue weighted by atomic mass is 9.92. The van der Waals surface area contributed by atoms with Crippen molar-refractivity contribution in [3.63, 3.8) is 0 Å². The summed E-state index contributed by atoms with van der Waals surface area (Å²) in [5.41, 5.74) is 0. The van der Waals surface area contributed by atoms with Crippen LogP contribution in [0.25, 0.3) is 0 Å². The van der Waals surface area contributed by atoms with Gasteiger partial charge in [0, 0.05) is 24.6 Å². The molecule has 0 fully saturated rings. The number of nitrogens with zero attached hydrogens (tertiary/aromatic N) is 1. The fraction of sp³-hybridized carbons (Fsp3) is 0.857. The van der Waals surface area contributed by atoms with E-state index < -0.39 is 0 Å². The minimum Gasteiger partial charge on any atom is -0.392 e. The Morgan fingerprint density at radius 3 is 2.67 bits per heavy atom. The molecule has 52 valence electrons. The van der Waals surface area contributed by atoms with Crippen molar-refractivity contribution in [2.45, 2.75) is 20.0 Å². The van der Waals surface area contributed by atoms with Gasteiger partial charge in [-0.1, -0.05) is 13.8 Å². The lowest BCUT2D eigenvalue weighted by Crippen LogP contribution is -2.31. The van der Waals surface area contributed by atoms with Gasteiger partial charge in [-0.25, -0.2) is 0 Å². The molecule has 0 saturated heterocycles. The third-order valence-corrected chi connectivity index (χ3v) is 1.86. The Hall–Kier alpha value is -0.370. The van der Waals surface area contributed by atoms with Gasteiger partial charge >= 0.3 is 0 Å². The van der Waals surface area contributed by atoms with Crippen LogP contribution in [0.4, 0.5) is 0 Å². The van der Waals surface area contributed by atoms with Gasteiger partial charge in [0.2, 0.25) is 0 Å². The monoisotopic (exact) mass is 127 g/mol. The molecule has 2 unspecified atom stereocenters. The SMILES string of the molecule is CC1C=NCC(C)[C@@H]1O. The molecule has 1 rings (SSSR count). The zero-order valence-electron chi connectivity index (χ0n) is 5.91. The van der Waals surface area contributed by atoms with Crippen molar-refractivity contribution < 1.29 is 5.11 Å². The highest BCUT2D eigenvalue weighted by molar-refractivity contribution is 5.62. The summed E-state index contributed by atoms with van der Waals surface area (Å²) >= 11 is 0. The normalized spacial score (nSPS) is 43.2. The first-order valence-electron chi connectivity index (χ1n) is 3.40. The topological polar surface area (TPSA) is 32.6 Å². The highest BCUT2D eigenvalue weighted by Gasteiger charge is 2.22. The first-order chi connectivity index (χ1) is 4.22. The van der Waals surface area contributed by atoms with E-state index in [9.17, 15) is 5.11 Å². The van der Waals surface area contributed by atoms with E-state index in [0.29, 0.717) is 5.92 Å². The maximum atomic E-state index is 9.35. The van der Waals surface area contributed by atoms with Gasteiger partial charge in [0.05, 0.1) is 6.10 Å². The van der Waals surface area contributed by atoms with E-state index in [0.717, 1.165) is 6.54 Å². The molecule has 0 aromatic carbocycles. The van der Waals surface area contributed by atoms with Crippen molar-refractivity contribution in [3.8, 4) is 0 Å². The van der Waals surface area contributed by atoms with Crippen LogP contribution in [0.2, 0.25) is 0 Å². The highest BCUT2D eigenvalue weighted by Crippen LogP contribution is 2.15. The van der Waals surface area contributed by atoms with Gasteiger partial charge in [-0.2, -0.15) is 0 Å². The predicted octanol–water partition coefficient (Wildman–Crippen LogP) is 0.704. The van der Waals surface area contributed by atoms with Gasteiger partial charge in [0.15, 0.2) is 0 Å². The molecule has 9 heavy (non-hydrogen) atoms. The first kappa shape index (κ1) is 6.75. The smallest absolute Gasteiger partial charge is 0.0658 e. The van der Waals surface area contributed by atoms with Crippen molar-refractivity contribution in [3.05, 3.63) is 0 Å². The molecule has 3 atom stereocenters. The van der Waals surface area contributed by atoms with Crippen molar-refractivity contribution in [1.82, 2.24) is 0 Å². The zero-order valence-corrected chi connectivity index (χ0v) is 5.91. The fourth-order valence-electron chi connectivity index (χ4n) is 1.11. The maximum absolute atomic E-state index is 9.35. The second-order valence-corrected chi connectivity index (χ2v) is 2.84. The average Bonchev–Trinajstić information content (AvgIpc) is 1.83. The maximum Gasteiger partial charge on any atom is 0.0658 e. The van der Waals surface area contributed by atoms with Crippen molar-refractivity contribution in [2.75, 3.05) is 6.54 Å². The molecule has 1 aliphatic rings. The van der Waals surface area contributed by atoms with Crippen LogP contribution in [-0.2, 0) is 0 Å². The third kappa shape index (κ3) is 1.30. The first-order valence-corrected chi connectivity index (χ1v) is 3.40. The summed E-state index contributed by atoms with van der Waals surface area (Å²) in [6.07, 6.45) is 1.66. The quantitative estimate of drug-likeness (QED) is 0.510. The van der Waals surface area contributed by atoms with Crippen LogP contribution < -0.4 is 0 Å².